The lowest BCUT2D eigenvalue weighted by molar-refractivity contribution is 0.0690. The van der Waals surface area contributed by atoms with Gasteiger partial charge in [0.25, 0.3) is 0 Å². The van der Waals surface area contributed by atoms with Gasteiger partial charge in [0, 0.05) is 11.1 Å². The van der Waals surface area contributed by atoms with Crippen LogP contribution in [0.2, 0.25) is 0 Å². The molecule has 0 spiro atoms. The number of nitrogens with one attached hydrogen (secondary N) is 1. The summed E-state index contributed by atoms with van der Waals surface area (Å²) in [5, 5.41) is 10.6. The van der Waals surface area contributed by atoms with Gasteiger partial charge in [-0.3, -0.25) is 0 Å². The zero-order valence-electron chi connectivity index (χ0n) is 7.31. The Labute approximate surface area is 83.5 Å². The van der Waals surface area contributed by atoms with E-state index >= 15 is 0 Å². The van der Waals surface area contributed by atoms with E-state index < -0.39 is 5.97 Å². The molecule has 0 aliphatic heterocycles. The molecule has 0 unspecified atom stereocenters. The first-order valence-corrected chi connectivity index (χ1v) is 4.81. The second-order valence-corrected chi connectivity index (χ2v) is 3.46. The standard InChI is InChI=1S/C8H7N3O2S/c1-4-6(8(12)13)11-7(10-4)5-2-14-3-9-5/h2-3H,1H3,(H,10,11)(H,12,13). The van der Waals surface area contributed by atoms with Gasteiger partial charge in [0.05, 0.1) is 5.51 Å². The van der Waals surface area contributed by atoms with Gasteiger partial charge in [-0.25, -0.2) is 14.8 Å². The molecular formula is C8H7N3O2S. The SMILES string of the molecule is Cc1[nH]c(-c2cscn2)nc1C(=O)O. The molecule has 0 saturated heterocycles. The minimum Gasteiger partial charge on any atom is -0.476 e. The topological polar surface area (TPSA) is 78.9 Å². The number of carbonyl (C=O) groups is 1. The summed E-state index contributed by atoms with van der Waals surface area (Å²) in [4.78, 5) is 21.6. The Hall–Kier alpha value is -1.69. The van der Waals surface area contributed by atoms with Crippen molar-refractivity contribution in [1.29, 1.82) is 0 Å². The van der Waals surface area contributed by atoms with Crippen LogP contribution in [0.15, 0.2) is 10.9 Å². The van der Waals surface area contributed by atoms with E-state index in [1.165, 1.54) is 11.3 Å². The summed E-state index contributed by atoms with van der Waals surface area (Å²) in [7, 11) is 0. The molecular weight excluding hydrogens is 202 g/mol. The Kier molecular flexibility index (Phi) is 2.05. The monoisotopic (exact) mass is 209 g/mol. The van der Waals surface area contributed by atoms with Crippen LogP contribution in [0.3, 0.4) is 0 Å². The Morgan fingerprint density at radius 3 is 2.93 bits per heavy atom. The second-order valence-electron chi connectivity index (χ2n) is 2.74. The number of nitrogens with zero attached hydrogens (tertiary/aromatic N) is 2. The Morgan fingerprint density at radius 2 is 2.43 bits per heavy atom. The molecule has 2 N–H and O–H groups in total. The van der Waals surface area contributed by atoms with Crippen molar-refractivity contribution < 1.29 is 9.90 Å². The number of thiazole rings is 1. The fourth-order valence-corrected chi connectivity index (χ4v) is 1.66. The van der Waals surface area contributed by atoms with Gasteiger partial charge in [-0.05, 0) is 6.92 Å². The molecule has 2 aromatic rings. The molecule has 0 aliphatic rings. The molecule has 0 fully saturated rings. The molecule has 0 bridgehead atoms. The number of H-pyrrole nitrogens is 1. The van der Waals surface area contributed by atoms with Crippen LogP contribution in [0.1, 0.15) is 16.2 Å². The number of carboxylic acid groups (broad SMARTS) is 1. The van der Waals surface area contributed by atoms with E-state index in [0.29, 0.717) is 17.2 Å². The molecule has 72 valence electrons. The van der Waals surface area contributed by atoms with Crippen molar-refractivity contribution in [2.45, 2.75) is 6.92 Å². The summed E-state index contributed by atoms with van der Waals surface area (Å²) in [5.74, 6) is -0.527. The summed E-state index contributed by atoms with van der Waals surface area (Å²) in [6, 6.07) is 0. The predicted molar refractivity (Wildman–Crippen MR) is 51.4 cm³/mol. The molecule has 14 heavy (non-hydrogen) atoms. The third kappa shape index (κ3) is 1.39. The highest BCUT2D eigenvalue weighted by Gasteiger charge is 2.14. The largest absolute Gasteiger partial charge is 0.476 e. The van der Waals surface area contributed by atoms with Gasteiger partial charge in [-0.2, -0.15) is 0 Å². The highest BCUT2D eigenvalue weighted by molar-refractivity contribution is 7.07. The average molecular weight is 209 g/mol. The highest BCUT2D eigenvalue weighted by Crippen LogP contribution is 2.17. The number of rotatable bonds is 2. The van der Waals surface area contributed by atoms with E-state index in [0.717, 1.165) is 0 Å². The molecule has 0 aliphatic carbocycles. The maximum atomic E-state index is 10.7. The molecule has 0 radical (unpaired) electrons. The van der Waals surface area contributed by atoms with Crippen LogP contribution >= 0.6 is 11.3 Å². The molecule has 0 aromatic carbocycles. The van der Waals surface area contributed by atoms with Crippen LogP contribution in [0.25, 0.3) is 11.5 Å². The third-order valence-corrected chi connectivity index (χ3v) is 2.35. The number of hydrogen-bond acceptors (Lipinski definition) is 4. The fraction of sp³-hybridized carbons (Fsp3) is 0.125. The number of aromatic amines is 1. The van der Waals surface area contributed by atoms with Gasteiger partial charge in [0.1, 0.15) is 5.69 Å². The Morgan fingerprint density at radius 1 is 1.64 bits per heavy atom. The van der Waals surface area contributed by atoms with Crippen LogP contribution in [-0.2, 0) is 0 Å². The number of hydrogen-bond donors (Lipinski definition) is 2. The minimum absolute atomic E-state index is 0.0491. The summed E-state index contributed by atoms with van der Waals surface area (Å²) in [6.07, 6.45) is 0. The normalized spacial score (nSPS) is 10.4. The molecule has 2 aromatic heterocycles. The van der Waals surface area contributed by atoms with E-state index in [2.05, 4.69) is 15.0 Å². The highest BCUT2D eigenvalue weighted by atomic mass is 32.1. The van der Waals surface area contributed by atoms with Gasteiger partial charge in [-0.1, -0.05) is 0 Å². The molecule has 0 saturated carbocycles. The van der Waals surface area contributed by atoms with Crippen LogP contribution in [-0.4, -0.2) is 26.0 Å². The maximum absolute atomic E-state index is 10.7. The minimum atomic E-state index is -1.03. The Balaban J connectivity index is 2.48. The lowest BCUT2D eigenvalue weighted by Gasteiger charge is -1.85. The summed E-state index contributed by atoms with van der Waals surface area (Å²) in [5.41, 5.74) is 2.94. The first-order valence-electron chi connectivity index (χ1n) is 3.87. The molecule has 2 heterocycles. The summed E-state index contributed by atoms with van der Waals surface area (Å²) in [6.45, 7) is 1.67. The van der Waals surface area contributed by atoms with Gasteiger partial charge < -0.3 is 10.1 Å². The van der Waals surface area contributed by atoms with Gasteiger partial charge >= 0.3 is 5.97 Å². The predicted octanol–water partition coefficient (Wildman–Crippen LogP) is 1.54. The summed E-state index contributed by atoms with van der Waals surface area (Å²) >= 11 is 1.44. The number of aromatic carboxylic acids is 1. The van der Waals surface area contributed by atoms with Crippen molar-refractivity contribution in [3.05, 3.63) is 22.3 Å². The molecule has 5 nitrogen and oxygen atoms in total. The van der Waals surface area contributed by atoms with E-state index in [9.17, 15) is 4.79 Å². The lowest BCUT2D eigenvalue weighted by Crippen LogP contribution is -1.98. The summed E-state index contributed by atoms with van der Waals surface area (Å²) < 4.78 is 0. The van der Waals surface area contributed by atoms with Crippen molar-refractivity contribution >= 4 is 17.3 Å². The number of aromatic nitrogens is 3. The second kappa shape index (κ2) is 3.22. The first kappa shape index (κ1) is 8.89. The van der Waals surface area contributed by atoms with Gasteiger partial charge in [-0.15, -0.1) is 11.3 Å². The lowest BCUT2D eigenvalue weighted by atomic mass is 10.4. The van der Waals surface area contributed by atoms with Crippen LogP contribution < -0.4 is 0 Å². The maximum Gasteiger partial charge on any atom is 0.356 e. The van der Waals surface area contributed by atoms with Crippen LogP contribution in [0.5, 0.6) is 0 Å². The smallest absolute Gasteiger partial charge is 0.356 e. The van der Waals surface area contributed by atoms with E-state index in [1.54, 1.807) is 12.4 Å². The van der Waals surface area contributed by atoms with E-state index in [4.69, 9.17) is 5.11 Å². The number of imidazole rings is 1. The fourth-order valence-electron chi connectivity index (χ4n) is 1.12. The molecule has 6 heteroatoms. The Bertz CT molecular complexity index is 461. The number of carboxylic acids is 1. The van der Waals surface area contributed by atoms with Crippen molar-refractivity contribution in [1.82, 2.24) is 15.0 Å². The first-order chi connectivity index (χ1) is 6.68. The zero-order chi connectivity index (χ0) is 10.1. The molecule has 2 rings (SSSR count). The van der Waals surface area contributed by atoms with E-state index in [1.807, 2.05) is 5.38 Å². The van der Waals surface area contributed by atoms with Crippen molar-refractivity contribution in [3.8, 4) is 11.5 Å². The van der Waals surface area contributed by atoms with Gasteiger partial charge in [0.15, 0.2) is 11.5 Å². The van der Waals surface area contributed by atoms with Gasteiger partial charge in [0.2, 0.25) is 0 Å². The molecule has 0 amide bonds. The molecule has 0 atom stereocenters. The average Bonchev–Trinajstić information content (AvgIpc) is 2.70. The van der Waals surface area contributed by atoms with Crippen molar-refractivity contribution in [3.63, 3.8) is 0 Å². The van der Waals surface area contributed by atoms with Crippen molar-refractivity contribution in [2.75, 3.05) is 0 Å². The van der Waals surface area contributed by atoms with Crippen LogP contribution in [0, 0.1) is 6.92 Å². The van der Waals surface area contributed by atoms with Crippen molar-refractivity contribution in [2.24, 2.45) is 0 Å². The number of aryl methyl sites for hydroxylation is 1. The quantitative estimate of drug-likeness (QED) is 0.786. The van der Waals surface area contributed by atoms with Crippen LogP contribution in [0.4, 0.5) is 0 Å². The van der Waals surface area contributed by atoms with E-state index in [-0.39, 0.29) is 5.69 Å². The zero-order valence-corrected chi connectivity index (χ0v) is 8.13. The third-order valence-electron chi connectivity index (χ3n) is 1.76.